The van der Waals surface area contributed by atoms with E-state index in [1.54, 1.807) is 23.1 Å². The van der Waals surface area contributed by atoms with Gasteiger partial charge >= 0.3 is 0 Å². The van der Waals surface area contributed by atoms with Crippen LogP contribution in [0.5, 0.6) is 5.75 Å². The molecule has 0 aromatic carbocycles. The molecule has 1 saturated heterocycles. The van der Waals surface area contributed by atoms with Gasteiger partial charge in [-0.15, -0.1) is 0 Å². The Balaban J connectivity index is 1.52. The number of nitrogens with one attached hydrogen (secondary N) is 1. The molecule has 9 nitrogen and oxygen atoms in total. The Morgan fingerprint density at radius 3 is 2.85 bits per heavy atom. The number of carbonyl (C=O) groups is 1. The summed E-state index contributed by atoms with van der Waals surface area (Å²) in [6, 6.07) is 7.89. The fraction of sp³-hybridized carbons (Fsp3) is 0.440. The number of fused-ring (bicyclic) bond motifs is 1. The third-order valence-corrected chi connectivity index (χ3v) is 6.00. The van der Waals surface area contributed by atoms with Crippen molar-refractivity contribution in [3.05, 3.63) is 42.4 Å². The summed E-state index contributed by atoms with van der Waals surface area (Å²) >= 11 is 0. The number of nitriles is 1. The highest BCUT2D eigenvalue weighted by Crippen LogP contribution is 2.31. The maximum absolute atomic E-state index is 12.1. The van der Waals surface area contributed by atoms with Gasteiger partial charge in [-0.3, -0.25) is 4.79 Å². The van der Waals surface area contributed by atoms with Crippen LogP contribution >= 0.6 is 0 Å². The second-order valence-corrected chi connectivity index (χ2v) is 9.06. The zero-order valence-corrected chi connectivity index (χ0v) is 19.9. The molecule has 0 unspecified atom stereocenters. The van der Waals surface area contributed by atoms with Crippen LogP contribution in [0.2, 0.25) is 0 Å². The van der Waals surface area contributed by atoms with Gasteiger partial charge in [0.2, 0.25) is 5.91 Å². The molecule has 0 aliphatic carbocycles. The van der Waals surface area contributed by atoms with E-state index in [9.17, 15) is 10.1 Å². The molecule has 0 saturated carbocycles. The van der Waals surface area contributed by atoms with Crippen LogP contribution in [0, 0.1) is 17.2 Å². The molecule has 4 rings (SSSR count). The number of hydrogen-bond acceptors (Lipinski definition) is 7. The van der Waals surface area contributed by atoms with Crippen LogP contribution in [0.1, 0.15) is 39.2 Å². The number of pyridine rings is 2. The van der Waals surface area contributed by atoms with Gasteiger partial charge in [0.1, 0.15) is 17.6 Å². The topological polar surface area (TPSA) is 122 Å². The molecule has 9 heteroatoms. The minimum absolute atomic E-state index is 0.0253. The van der Waals surface area contributed by atoms with E-state index in [2.05, 4.69) is 21.4 Å². The maximum atomic E-state index is 12.1. The molecule has 1 aliphatic rings. The Morgan fingerprint density at radius 1 is 1.38 bits per heavy atom. The molecule has 3 N–H and O–H groups in total. The van der Waals surface area contributed by atoms with Crippen LogP contribution in [0.3, 0.4) is 0 Å². The number of anilines is 1. The van der Waals surface area contributed by atoms with Crippen LogP contribution in [-0.2, 0) is 4.79 Å². The predicted octanol–water partition coefficient (Wildman–Crippen LogP) is 2.73. The molecule has 0 bridgehead atoms. The standard InChI is InChI=1S/C25H31N7O2/c1-4-34-19-10-20(25-18(11-26)13-29-32(25)14-19)17-5-6-23(28-12-17)31-8-7-22(21(27)15-31)30-24(33)9-16(2)3/h5-6,10,12-14,16,21-22H,4,7-9,15,27H2,1-3H3,(H,30,33)/t21-,22+/m1/s1. The summed E-state index contributed by atoms with van der Waals surface area (Å²) in [6.45, 7) is 7.89. The molecule has 0 radical (unpaired) electrons. The Kier molecular flexibility index (Phi) is 6.98. The summed E-state index contributed by atoms with van der Waals surface area (Å²) in [6.07, 6.45) is 6.42. The van der Waals surface area contributed by atoms with Gasteiger partial charge in [-0.05, 0) is 37.5 Å². The van der Waals surface area contributed by atoms with Crippen LogP contribution in [0.15, 0.2) is 36.8 Å². The zero-order chi connectivity index (χ0) is 24.2. The first-order chi connectivity index (χ1) is 16.4. The van der Waals surface area contributed by atoms with Gasteiger partial charge in [-0.1, -0.05) is 13.8 Å². The predicted molar refractivity (Wildman–Crippen MR) is 130 cm³/mol. The Hall–Kier alpha value is -3.64. The van der Waals surface area contributed by atoms with Gasteiger partial charge in [-0.2, -0.15) is 10.4 Å². The molecular weight excluding hydrogens is 430 g/mol. The number of rotatable bonds is 7. The van der Waals surface area contributed by atoms with Gasteiger partial charge in [0.05, 0.1) is 30.1 Å². The highest BCUT2D eigenvalue weighted by molar-refractivity contribution is 5.85. The number of amides is 1. The molecular formula is C25H31N7O2. The summed E-state index contributed by atoms with van der Waals surface area (Å²) in [5.41, 5.74) is 9.32. The number of aromatic nitrogens is 3. The Labute approximate surface area is 199 Å². The van der Waals surface area contributed by atoms with Gasteiger partial charge in [-0.25, -0.2) is 9.50 Å². The number of ether oxygens (including phenoxy) is 1. The van der Waals surface area contributed by atoms with Crippen molar-refractivity contribution in [2.75, 3.05) is 24.6 Å². The molecule has 1 aliphatic heterocycles. The molecule has 4 heterocycles. The van der Waals surface area contributed by atoms with Gasteiger partial charge in [0.25, 0.3) is 0 Å². The van der Waals surface area contributed by atoms with Crippen molar-refractivity contribution in [2.24, 2.45) is 11.7 Å². The molecule has 2 atom stereocenters. The lowest BCUT2D eigenvalue weighted by molar-refractivity contribution is -0.122. The van der Waals surface area contributed by atoms with Crippen molar-refractivity contribution in [3.8, 4) is 22.9 Å². The average Bonchev–Trinajstić information content (AvgIpc) is 3.23. The van der Waals surface area contributed by atoms with Gasteiger partial charge in [0.15, 0.2) is 0 Å². The largest absolute Gasteiger partial charge is 0.492 e. The maximum Gasteiger partial charge on any atom is 0.220 e. The normalized spacial score (nSPS) is 18.2. The van der Waals surface area contributed by atoms with Crippen molar-refractivity contribution in [2.45, 2.75) is 45.7 Å². The second-order valence-electron chi connectivity index (χ2n) is 9.06. The summed E-state index contributed by atoms with van der Waals surface area (Å²) in [5, 5.41) is 16.9. The number of hydrogen-bond donors (Lipinski definition) is 2. The first-order valence-electron chi connectivity index (χ1n) is 11.7. The van der Waals surface area contributed by atoms with Crippen molar-refractivity contribution < 1.29 is 9.53 Å². The van der Waals surface area contributed by atoms with E-state index in [1.165, 1.54) is 0 Å². The van der Waals surface area contributed by atoms with Crippen molar-refractivity contribution in [1.82, 2.24) is 19.9 Å². The highest BCUT2D eigenvalue weighted by Gasteiger charge is 2.28. The summed E-state index contributed by atoms with van der Waals surface area (Å²) in [4.78, 5) is 19.0. The van der Waals surface area contributed by atoms with E-state index in [4.69, 9.17) is 15.5 Å². The van der Waals surface area contributed by atoms with Crippen LogP contribution in [0.25, 0.3) is 16.6 Å². The summed E-state index contributed by atoms with van der Waals surface area (Å²) < 4.78 is 7.36. The molecule has 178 valence electrons. The Morgan fingerprint density at radius 2 is 2.21 bits per heavy atom. The summed E-state index contributed by atoms with van der Waals surface area (Å²) in [7, 11) is 0. The first kappa shape index (κ1) is 23.5. The summed E-state index contributed by atoms with van der Waals surface area (Å²) in [5.74, 6) is 1.89. The fourth-order valence-corrected chi connectivity index (χ4v) is 4.38. The zero-order valence-electron chi connectivity index (χ0n) is 19.9. The number of carbonyl (C=O) groups excluding carboxylic acids is 1. The van der Waals surface area contributed by atoms with Crippen LogP contribution in [0.4, 0.5) is 5.82 Å². The lowest BCUT2D eigenvalue weighted by Crippen LogP contribution is -2.58. The van der Waals surface area contributed by atoms with Crippen LogP contribution in [-0.4, -0.2) is 52.3 Å². The fourth-order valence-electron chi connectivity index (χ4n) is 4.38. The molecule has 1 fully saturated rings. The van der Waals surface area contributed by atoms with Crippen molar-refractivity contribution in [1.29, 1.82) is 5.26 Å². The molecule has 3 aromatic heterocycles. The highest BCUT2D eigenvalue weighted by atomic mass is 16.5. The number of piperidine rings is 1. The van der Waals surface area contributed by atoms with E-state index >= 15 is 0 Å². The van der Waals surface area contributed by atoms with Gasteiger partial charge < -0.3 is 20.7 Å². The number of nitrogens with zero attached hydrogens (tertiary/aromatic N) is 5. The number of nitrogens with two attached hydrogens (primary N) is 1. The van der Waals surface area contributed by atoms with E-state index in [0.717, 1.165) is 35.4 Å². The lowest BCUT2D eigenvalue weighted by atomic mass is 9.99. The second kappa shape index (κ2) is 10.1. The molecule has 0 spiro atoms. The third-order valence-electron chi connectivity index (χ3n) is 6.00. The monoisotopic (exact) mass is 461 g/mol. The van der Waals surface area contributed by atoms with E-state index < -0.39 is 0 Å². The van der Waals surface area contributed by atoms with Crippen molar-refractivity contribution >= 4 is 17.2 Å². The van der Waals surface area contributed by atoms with E-state index in [-0.39, 0.29) is 18.0 Å². The third kappa shape index (κ3) is 4.97. The molecule has 3 aromatic rings. The SMILES string of the molecule is CCOc1cc(-c2ccc(N3CC[C@H](NC(=O)CC(C)C)[C@H](N)C3)nc2)c2c(C#N)cnn2c1. The first-order valence-corrected chi connectivity index (χ1v) is 11.7. The van der Waals surface area contributed by atoms with Gasteiger partial charge in [0, 0.05) is 48.9 Å². The molecule has 1 amide bonds. The smallest absolute Gasteiger partial charge is 0.220 e. The Bertz CT molecular complexity index is 1200. The molecule has 34 heavy (non-hydrogen) atoms. The van der Waals surface area contributed by atoms with Crippen LogP contribution < -0.4 is 20.7 Å². The van der Waals surface area contributed by atoms with E-state index in [0.29, 0.717) is 36.8 Å². The average molecular weight is 462 g/mol. The minimum Gasteiger partial charge on any atom is -0.492 e. The lowest BCUT2D eigenvalue weighted by Gasteiger charge is -2.37. The quantitative estimate of drug-likeness (QED) is 0.555. The van der Waals surface area contributed by atoms with E-state index in [1.807, 2.05) is 39.0 Å². The van der Waals surface area contributed by atoms with Crippen molar-refractivity contribution in [3.63, 3.8) is 0 Å². The minimum atomic E-state index is -0.168.